The first-order valence-electron chi connectivity index (χ1n) is 6.09. The van der Waals surface area contributed by atoms with Crippen LogP contribution in [0.5, 0.6) is 5.75 Å². The van der Waals surface area contributed by atoms with Crippen molar-refractivity contribution in [3.05, 3.63) is 36.0 Å². The maximum atomic E-state index is 11.1. The Balaban J connectivity index is 2.32. The second-order valence-electron chi connectivity index (χ2n) is 4.62. The Bertz CT molecular complexity index is 578. The number of Topliss-reactive ketones (excluding diaryl/α,β-unsaturated/α-hetero) is 1. The fourth-order valence-electron chi connectivity index (χ4n) is 1.98. The van der Waals surface area contributed by atoms with Gasteiger partial charge in [0.2, 0.25) is 0 Å². The monoisotopic (exact) mass is 243 g/mol. The fourth-order valence-corrected chi connectivity index (χ4v) is 1.98. The first-order chi connectivity index (χ1) is 8.56. The van der Waals surface area contributed by atoms with E-state index in [1.165, 1.54) is 0 Å². The Labute approximate surface area is 107 Å². The van der Waals surface area contributed by atoms with E-state index in [1.807, 2.05) is 44.2 Å². The zero-order valence-electron chi connectivity index (χ0n) is 10.9. The van der Waals surface area contributed by atoms with Gasteiger partial charge in [-0.25, -0.2) is 4.98 Å². The summed E-state index contributed by atoms with van der Waals surface area (Å²) in [5.41, 5.74) is 1.81. The van der Waals surface area contributed by atoms with Crippen molar-refractivity contribution in [2.24, 2.45) is 0 Å². The summed E-state index contributed by atoms with van der Waals surface area (Å²) < 4.78 is 5.81. The fraction of sp³-hybridized carbons (Fsp3) is 0.333. The van der Waals surface area contributed by atoms with Crippen LogP contribution in [-0.2, 0) is 4.79 Å². The zero-order valence-corrected chi connectivity index (χ0v) is 10.9. The molecule has 3 nitrogen and oxygen atoms in total. The summed E-state index contributed by atoms with van der Waals surface area (Å²) in [6, 6.07) is 9.84. The number of rotatable bonds is 4. The van der Waals surface area contributed by atoms with Gasteiger partial charge >= 0.3 is 0 Å². The van der Waals surface area contributed by atoms with Crippen LogP contribution in [0.2, 0.25) is 0 Å². The number of hydrogen-bond donors (Lipinski definition) is 0. The molecule has 94 valence electrons. The highest BCUT2D eigenvalue weighted by Gasteiger charge is 2.10. The number of ether oxygens (including phenoxy) is 1. The molecule has 0 radical (unpaired) electrons. The van der Waals surface area contributed by atoms with Gasteiger partial charge in [-0.05, 0) is 32.9 Å². The molecule has 1 aromatic heterocycles. The average molecular weight is 243 g/mol. The number of nitrogens with zero attached hydrogens (tertiary/aromatic N) is 1. The van der Waals surface area contributed by atoms with Gasteiger partial charge in [0.05, 0.1) is 0 Å². The third-order valence-corrected chi connectivity index (χ3v) is 2.73. The van der Waals surface area contributed by atoms with Gasteiger partial charge in [0.1, 0.15) is 23.2 Å². The van der Waals surface area contributed by atoms with Gasteiger partial charge in [0.25, 0.3) is 0 Å². The Kier molecular flexibility index (Phi) is 3.60. The summed E-state index contributed by atoms with van der Waals surface area (Å²) in [6.45, 7) is 5.43. The summed E-state index contributed by atoms with van der Waals surface area (Å²) in [5, 5.41) is 1.05. The molecule has 0 spiro atoms. The van der Waals surface area contributed by atoms with Gasteiger partial charge in [-0.3, -0.25) is 4.79 Å². The summed E-state index contributed by atoms with van der Waals surface area (Å²) in [7, 11) is 0. The molecule has 0 fully saturated rings. The summed E-state index contributed by atoms with van der Waals surface area (Å²) in [4.78, 5) is 15.6. The molecule has 0 amide bonds. The van der Waals surface area contributed by atoms with E-state index in [2.05, 4.69) is 4.98 Å². The van der Waals surface area contributed by atoms with Crippen molar-refractivity contribution in [2.75, 3.05) is 0 Å². The summed E-state index contributed by atoms with van der Waals surface area (Å²) >= 11 is 0. The van der Waals surface area contributed by atoms with Gasteiger partial charge in [0.15, 0.2) is 0 Å². The number of pyridine rings is 1. The standard InChI is InChI=1S/C15H17NO2/c1-10-7-8-13-5-4-6-14(15(13)16-10)18-12(3)9-11(2)17/h4-8,12H,9H2,1-3H3. The van der Waals surface area contributed by atoms with Gasteiger partial charge in [-0.2, -0.15) is 0 Å². The minimum Gasteiger partial charge on any atom is -0.488 e. The van der Waals surface area contributed by atoms with E-state index < -0.39 is 0 Å². The molecular formula is C15H17NO2. The second kappa shape index (κ2) is 5.17. The Morgan fingerprint density at radius 2 is 2.11 bits per heavy atom. The first kappa shape index (κ1) is 12.6. The lowest BCUT2D eigenvalue weighted by atomic mass is 10.2. The predicted octanol–water partition coefficient (Wildman–Crippen LogP) is 3.29. The third kappa shape index (κ3) is 2.86. The number of aromatic nitrogens is 1. The molecule has 2 aromatic rings. The topological polar surface area (TPSA) is 39.2 Å². The SMILES string of the molecule is CC(=O)CC(C)Oc1cccc2ccc(C)nc12. The van der Waals surface area contributed by atoms with Crippen LogP contribution in [0.3, 0.4) is 0 Å². The van der Waals surface area contributed by atoms with Crippen molar-refractivity contribution in [1.29, 1.82) is 0 Å². The van der Waals surface area contributed by atoms with Gasteiger partial charge in [0, 0.05) is 17.5 Å². The van der Waals surface area contributed by atoms with E-state index in [4.69, 9.17) is 4.74 Å². The highest BCUT2D eigenvalue weighted by Crippen LogP contribution is 2.25. The van der Waals surface area contributed by atoms with Crippen molar-refractivity contribution in [3.8, 4) is 5.75 Å². The number of benzene rings is 1. The number of aryl methyl sites for hydroxylation is 1. The Hall–Kier alpha value is -1.90. The minimum absolute atomic E-state index is 0.129. The summed E-state index contributed by atoms with van der Waals surface area (Å²) in [6.07, 6.45) is 0.290. The van der Waals surface area contributed by atoms with E-state index in [9.17, 15) is 4.79 Å². The molecule has 0 aliphatic carbocycles. The van der Waals surface area contributed by atoms with Crippen molar-refractivity contribution in [3.63, 3.8) is 0 Å². The molecule has 2 rings (SSSR count). The highest BCUT2D eigenvalue weighted by molar-refractivity contribution is 5.84. The molecule has 3 heteroatoms. The normalized spacial score (nSPS) is 12.4. The Morgan fingerprint density at radius 3 is 2.83 bits per heavy atom. The average Bonchev–Trinajstić information content (AvgIpc) is 2.28. The molecule has 18 heavy (non-hydrogen) atoms. The number of fused-ring (bicyclic) bond motifs is 1. The maximum absolute atomic E-state index is 11.1. The molecule has 0 saturated carbocycles. The second-order valence-corrected chi connectivity index (χ2v) is 4.62. The minimum atomic E-state index is -0.129. The van der Waals surface area contributed by atoms with Crippen molar-refractivity contribution in [1.82, 2.24) is 4.98 Å². The molecular weight excluding hydrogens is 226 g/mol. The first-order valence-corrected chi connectivity index (χ1v) is 6.09. The molecule has 0 N–H and O–H groups in total. The molecule has 1 atom stereocenters. The number of ketones is 1. The van der Waals surface area contributed by atoms with Crippen LogP contribution in [0.25, 0.3) is 10.9 Å². The van der Waals surface area contributed by atoms with E-state index in [-0.39, 0.29) is 11.9 Å². The van der Waals surface area contributed by atoms with Crippen LogP contribution in [-0.4, -0.2) is 16.9 Å². The largest absolute Gasteiger partial charge is 0.488 e. The van der Waals surface area contributed by atoms with Crippen LogP contribution in [0.15, 0.2) is 30.3 Å². The number of hydrogen-bond acceptors (Lipinski definition) is 3. The third-order valence-electron chi connectivity index (χ3n) is 2.73. The van der Waals surface area contributed by atoms with Crippen LogP contribution in [0, 0.1) is 6.92 Å². The van der Waals surface area contributed by atoms with E-state index >= 15 is 0 Å². The van der Waals surface area contributed by atoms with Crippen LogP contribution in [0.1, 0.15) is 26.0 Å². The number of carbonyl (C=O) groups excluding carboxylic acids is 1. The lowest BCUT2D eigenvalue weighted by Crippen LogP contribution is -2.15. The number of carbonyl (C=O) groups is 1. The van der Waals surface area contributed by atoms with Crippen molar-refractivity contribution >= 4 is 16.7 Å². The molecule has 0 saturated heterocycles. The van der Waals surface area contributed by atoms with E-state index in [1.54, 1.807) is 6.92 Å². The lowest BCUT2D eigenvalue weighted by molar-refractivity contribution is -0.118. The smallest absolute Gasteiger partial charge is 0.145 e. The van der Waals surface area contributed by atoms with E-state index in [0.717, 1.165) is 22.3 Å². The summed E-state index contributed by atoms with van der Waals surface area (Å²) in [5.74, 6) is 0.872. The number of para-hydroxylation sites is 1. The molecule has 0 aliphatic rings. The van der Waals surface area contributed by atoms with E-state index in [0.29, 0.717) is 6.42 Å². The van der Waals surface area contributed by atoms with Gasteiger partial charge in [-0.15, -0.1) is 0 Å². The molecule has 1 unspecified atom stereocenters. The van der Waals surface area contributed by atoms with Crippen molar-refractivity contribution in [2.45, 2.75) is 33.3 Å². The van der Waals surface area contributed by atoms with Gasteiger partial charge in [-0.1, -0.05) is 18.2 Å². The molecule has 1 aromatic carbocycles. The Morgan fingerprint density at radius 1 is 1.33 bits per heavy atom. The maximum Gasteiger partial charge on any atom is 0.145 e. The van der Waals surface area contributed by atoms with Crippen LogP contribution >= 0.6 is 0 Å². The lowest BCUT2D eigenvalue weighted by Gasteiger charge is -2.14. The van der Waals surface area contributed by atoms with Crippen molar-refractivity contribution < 1.29 is 9.53 Å². The highest BCUT2D eigenvalue weighted by atomic mass is 16.5. The van der Waals surface area contributed by atoms with Crippen LogP contribution in [0.4, 0.5) is 0 Å². The van der Waals surface area contributed by atoms with Crippen LogP contribution < -0.4 is 4.74 Å². The molecule has 0 aliphatic heterocycles. The molecule has 0 bridgehead atoms. The van der Waals surface area contributed by atoms with Gasteiger partial charge < -0.3 is 4.74 Å². The quantitative estimate of drug-likeness (QED) is 0.827. The zero-order chi connectivity index (χ0) is 13.1. The predicted molar refractivity (Wildman–Crippen MR) is 71.9 cm³/mol. The molecule has 1 heterocycles.